The Balaban J connectivity index is 1.83. The van der Waals surface area contributed by atoms with Crippen molar-refractivity contribution in [3.8, 4) is 0 Å². The number of halogens is 1. The minimum atomic E-state index is -0.495. The van der Waals surface area contributed by atoms with Gasteiger partial charge in [-0.3, -0.25) is 14.9 Å². The van der Waals surface area contributed by atoms with Gasteiger partial charge in [0.05, 0.1) is 15.5 Å². The number of hydrogen-bond acceptors (Lipinski definition) is 5. The highest BCUT2D eigenvalue weighted by atomic mass is 32.2. The van der Waals surface area contributed by atoms with Gasteiger partial charge in [0.1, 0.15) is 5.82 Å². The number of benzene rings is 2. The standard InChI is InChI=1S/C16H10FN3O3S/c17-11-4-6-12(7-5-11)18-16-19-15(21)14(24-16)9-10-2-1-3-13(8-10)20(22)23/h1-9H,(H,18,19,21)/b14-9-. The van der Waals surface area contributed by atoms with Crippen molar-refractivity contribution in [1.29, 1.82) is 0 Å². The van der Waals surface area contributed by atoms with Gasteiger partial charge in [0.25, 0.3) is 11.6 Å². The van der Waals surface area contributed by atoms with Crippen LogP contribution in [0.15, 0.2) is 58.4 Å². The fourth-order valence-electron chi connectivity index (χ4n) is 1.99. The number of carbonyl (C=O) groups is 1. The highest BCUT2D eigenvalue weighted by Gasteiger charge is 2.24. The van der Waals surface area contributed by atoms with E-state index in [1.165, 1.54) is 36.4 Å². The number of aliphatic imine (C=N–C) groups is 1. The average Bonchev–Trinajstić information content (AvgIpc) is 2.89. The van der Waals surface area contributed by atoms with Crippen LogP contribution < -0.4 is 5.32 Å². The summed E-state index contributed by atoms with van der Waals surface area (Å²) in [5.41, 5.74) is 1.01. The Kier molecular flexibility index (Phi) is 4.39. The molecule has 0 bridgehead atoms. The molecule has 1 aliphatic heterocycles. The van der Waals surface area contributed by atoms with Crippen molar-refractivity contribution in [2.75, 3.05) is 0 Å². The number of nitrogens with zero attached hydrogens (tertiary/aromatic N) is 2. The van der Waals surface area contributed by atoms with Crippen molar-refractivity contribution in [1.82, 2.24) is 5.32 Å². The van der Waals surface area contributed by atoms with Gasteiger partial charge >= 0.3 is 0 Å². The second kappa shape index (κ2) is 6.63. The van der Waals surface area contributed by atoms with Crippen LogP contribution >= 0.6 is 11.8 Å². The number of nitro groups is 1. The molecule has 0 aromatic heterocycles. The lowest BCUT2D eigenvalue weighted by molar-refractivity contribution is -0.384. The van der Waals surface area contributed by atoms with Crippen molar-refractivity contribution in [3.63, 3.8) is 0 Å². The highest BCUT2D eigenvalue weighted by molar-refractivity contribution is 8.18. The van der Waals surface area contributed by atoms with Crippen LogP contribution in [-0.4, -0.2) is 16.0 Å². The molecule has 1 fully saturated rings. The molecule has 1 saturated heterocycles. The van der Waals surface area contributed by atoms with Crippen molar-refractivity contribution in [2.24, 2.45) is 4.99 Å². The smallest absolute Gasteiger partial charge is 0.270 e. The van der Waals surface area contributed by atoms with Gasteiger partial charge in [0.15, 0.2) is 5.17 Å². The fourth-order valence-corrected chi connectivity index (χ4v) is 2.83. The quantitative estimate of drug-likeness (QED) is 0.524. The number of non-ortho nitro benzene ring substituents is 1. The van der Waals surface area contributed by atoms with Crippen LogP contribution in [0.1, 0.15) is 5.56 Å². The molecular weight excluding hydrogens is 333 g/mol. The number of amides is 1. The van der Waals surface area contributed by atoms with Gasteiger partial charge in [-0.25, -0.2) is 9.38 Å². The molecular formula is C16H10FN3O3S. The molecule has 0 aliphatic carbocycles. The monoisotopic (exact) mass is 343 g/mol. The Morgan fingerprint density at radius 2 is 1.96 bits per heavy atom. The molecule has 24 heavy (non-hydrogen) atoms. The van der Waals surface area contributed by atoms with Gasteiger partial charge in [-0.15, -0.1) is 0 Å². The Bertz CT molecular complexity index is 878. The highest BCUT2D eigenvalue weighted by Crippen LogP contribution is 2.28. The van der Waals surface area contributed by atoms with Crippen LogP contribution in [0.4, 0.5) is 15.8 Å². The summed E-state index contributed by atoms with van der Waals surface area (Å²) < 4.78 is 12.9. The van der Waals surface area contributed by atoms with E-state index in [4.69, 9.17) is 0 Å². The first-order chi connectivity index (χ1) is 11.5. The largest absolute Gasteiger partial charge is 0.300 e. The van der Waals surface area contributed by atoms with Crippen molar-refractivity contribution in [2.45, 2.75) is 0 Å². The number of thioether (sulfide) groups is 1. The average molecular weight is 343 g/mol. The van der Waals surface area contributed by atoms with Crippen LogP contribution in [0.25, 0.3) is 6.08 Å². The molecule has 1 aliphatic rings. The molecule has 2 aromatic rings. The third-order valence-corrected chi connectivity index (χ3v) is 4.00. The molecule has 2 aromatic carbocycles. The molecule has 1 heterocycles. The lowest BCUT2D eigenvalue weighted by atomic mass is 10.2. The molecule has 1 N–H and O–H groups in total. The zero-order chi connectivity index (χ0) is 17.1. The van der Waals surface area contributed by atoms with E-state index >= 15 is 0 Å². The van der Waals surface area contributed by atoms with Crippen LogP contribution in [0.5, 0.6) is 0 Å². The number of carbonyl (C=O) groups excluding carboxylic acids is 1. The maximum atomic E-state index is 12.9. The molecule has 8 heteroatoms. The lowest BCUT2D eigenvalue weighted by Crippen LogP contribution is -2.19. The van der Waals surface area contributed by atoms with E-state index < -0.39 is 4.92 Å². The molecule has 6 nitrogen and oxygen atoms in total. The van der Waals surface area contributed by atoms with Gasteiger partial charge in [-0.1, -0.05) is 12.1 Å². The number of nitro benzene ring substituents is 1. The van der Waals surface area contributed by atoms with Crippen molar-refractivity contribution in [3.05, 3.63) is 74.9 Å². The molecule has 1 amide bonds. The van der Waals surface area contributed by atoms with E-state index in [-0.39, 0.29) is 17.4 Å². The Morgan fingerprint density at radius 1 is 1.21 bits per heavy atom. The summed E-state index contributed by atoms with van der Waals surface area (Å²) in [6.45, 7) is 0. The zero-order valence-electron chi connectivity index (χ0n) is 12.1. The number of rotatable bonds is 3. The van der Waals surface area contributed by atoms with E-state index in [0.29, 0.717) is 21.3 Å². The van der Waals surface area contributed by atoms with E-state index in [1.807, 2.05) is 0 Å². The number of amidine groups is 1. The third-order valence-electron chi connectivity index (χ3n) is 3.09. The van der Waals surface area contributed by atoms with E-state index in [0.717, 1.165) is 11.8 Å². The predicted molar refractivity (Wildman–Crippen MR) is 90.3 cm³/mol. The molecule has 0 atom stereocenters. The number of hydrogen-bond donors (Lipinski definition) is 1. The van der Waals surface area contributed by atoms with Crippen molar-refractivity contribution >= 4 is 40.3 Å². The normalized spacial score (nSPS) is 17.3. The van der Waals surface area contributed by atoms with E-state index in [9.17, 15) is 19.3 Å². The number of nitrogens with one attached hydrogen (secondary N) is 1. The molecule has 0 saturated carbocycles. The summed E-state index contributed by atoms with van der Waals surface area (Å²) in [6.07, 6.45) is 1.56. The zero-order valence-corrected chi connectivity index (χ0v) is 12.9. The molecule has 0 unspecified atom stereocenters. The predicted octanol–water partition coefficient (Wildman–Crippen LogP) is 3.63. The van der Waals surface area contributed by atoms with Crippen molar-refractivity contribution < 1.29 is 14.1 Å². The third kappa shape index (κ3) is 3.66. The summed E-state index contributed by atoms with van der Waals surface area (Å²) in [5, 5.41) is 13.8. The second-order valence-corrected chi connectivity index (χ2v) is 5.84. The van der Waals surface area contributed by atoms with Crippen LogP contribution in [-0.2, 0) is 4.79 Å². The fraction of sp³-hybridized carbons (Fsp3) is 0. The van der Waals surface area contributed by atoms with Gasteiger partial charge in [-0.2, -0.15) is 0 Å². The maximum absolute atomic E-state index is 12.9. The lowest BCUT2D eigenvalue weighted by Gasteiger charge is -1.96. The maximum Gasteiger partial charge on any atom is 0.270 e. The summed E-state index contributed by atoms with van der Waals surface area (Å²) >= 11 is 1.11. The summed E-state index contributed by atoms with van der Waals surface area (Å²) in [7, 11) is 0. The first-order valence-corrected chi connectivity index (χ1v) is 7.62. The van der Waals surface area contributed by atoms with Gasteiger partial charge in [0.2, 0.25) is 0 Å². The van der Waals surface area contributed by atoms with Gasteiger partial charge in [0, 0.05) is 12.1 Å². The van der Waals surface area contributed by atoms with E-state index in [1.54, 1.807) is 18.2 Å². The summed E-state index contributed by atoms with van der Waals surface area (Å²) in [6, 6.07) is 11.5. The topological polar surface area (TPSA) is 84.6 Å². The van der Waals surface area contributed by atoms with Gasteiger partial charge in [-0.05, 0) is 47.7 Å². The minimum Gasteiger partial charge on any atom is -0.300 e. The molecule has 0 radical (unpaired) electrons. The van der Waals surface area contributed by atoms with Crippen LogP contribution in [0, 0.1) is 15.9 Å². The first-order valence-electron chi connectivity index (χ1n) is 6.81. The Morgan fingerprint density at radius 3 is 2.67 bits per heavy atom. The second-order valence-electron chi connectivity index (χ2n) is 4.81. The van der Waals surface area contributed by atoms with Crippen LogP contribution in [0.3, 0.4) is 0 Å². The van der Waals surface area contributed by atoms with E-state index in [2.05, 4.69) is 10.3 Å². The molecule has 120 valence electrons. The first kappa shape index (κ1) is 15.9. The molecule has 0 spiro atoms. The SMILES string of the molecule is O=C1NC(=Nc2ccc(F)cc2)S/C1=C\c1cccc([N+](=O)[O-])c1. The Hall–Kier alpha value is -3.00. The molecule has 3 rings (SSSR count). The van der Waals surface area contributed by atoms with Gasteiger partial charge < -0.3 is 5.32 Å². The minimum absolute atomic E-state index is 0.0482. The summed E-state index contributed by atoms with van der Waals surface area (Å²) in [5.74, 6) is -0.708. The van der Waals surface area contributed by atoms with Crippen LogP contribution in [0.2, 0.25) is 0 Å². The Labute approximate surface area is 140 Å². The summed E-state index contributed by atoms with van der Waals surface area (Å²) in [4.78, 5) is 26.9.